The Morgan fingerprint density at radius 1 is 1.40 bits per heavy atom. The zero-order chi connectivity index (χ0) is 14.7. The van der Waals surface area contributed by atoms with Gasteiger partial charge in [0.1, 0.15) is 4.34 Å². The van der Waals surface area contributed by atoms with Crippen molar-refractivity contribution >= 4 is 46.1 Å². The van der Waals surface area contributed by atoms with Gasteiger partial charge in [-0.05, 0) is 12.1 Å². The van der Waals surface area contributed by atoms with Gasteiger partial charge in [-0.3, -0.25) is 9.59 Å². The molecule has 1 amide bonds. The van der Waals surface area contributed by atoms with Crippen LogP contribution >= 0.6 is 34.5 Å². The van der Waals surface area contributed by atoms with Crippen LogP contribution in [0.15, 0.2) is 29.2 Å². The zero-order valence-electron chi connectivity index (χ0n) is 10.1. The smallest absolute Gasteiger partial charge is 0.265 e. The Morgan fingerprint density at radius 2 is 2.15 bits per heavy atom. The molecule has 2 aromatic rings. The van der Waals surface area contributed by atoms with Crippen molar-refractivity contribution in [1.82, 2.24) is 4.57 Å². The summed E-state index contributed by atoms with van der Waals surface area (Å²) in [5, 5.41) is 11.8. The number of carbonyl (C=O) groups excluding carboxylic acids is 1. The molecule has 0 radical (unpaired) electrons. The summed E-state index contributed by atoms with van der Waals surface area (Å²) in [4.78, 5) is 23.8. The van der Waals surface area contributed by atoms with Crippen LogP contribution in [-0.4, -0.2) is 22.2 Å². The Balaban J connectivity index is 2.19. The molecule has 0 bridgehead atoms. The average molecular weight is 333 g/mol. The van der Waals surface area contributed by atoms with Crippen LogP contribution in [0.2, 0.25) is 9.36 Å². The van der Waals surface area contributed by atoms with E-state index in [1.807, 2.05) is 0 Å². The highest BCUT2D eigenvalue weighted by atomic mass is 35.5. The lowest BCUT2D eigenvalue weighted by Gasteiger charge is -2.07. The highest BCUT2D eigenvalue weighted by Gasteiger charge is 2.13. The molecule has 2 heterocycles. The number of aromatic nitrogens is 1. The normalized spacial score (nSPS) is 10.6. The summed E-state index contributed by atoms with van der Waals surface area (Å²) in [5.41, 5.74) is 0.197. The average Bonchev–Trinajstić information content (AvgIpc) is 2.74. The number of hydrogen-bond acceptors (Lipinski definition) is 4. The van der Waals surface area contributed by atoms with Crippen molar-refractivity contribution < 1.29 is 9.90 Å². The molecule has 20 heavy (non-hydrogen) atoms. The molecule has 0 saturated carbocycles. The van der Waals surface area contributed by atoms with Gasteiger partial charge < -0.3 is 15.0 Å². The summed E-state index contributed by atoms with van der Waals surface area (Å²) >= 11 is 12.7. The fourth-order valence-electron chi connectivity index (χ4n) is 1.54. The number of nitrogens with one attached hydrogen (secondary N) is 1. The lowest BCUT2D eigenvalue weighted by molar-refractivity contribution is 0.103. The molecule has 8 heteroatoms. The molecule has 0 aliphatic rings. The third-order valence-corrected chi connectivity index (χ3v) is 4.32. The van der Waals surface area contributed by atoms with E-state index < -0.39 is 0 Å². The molecule has 0 atom stereocenters. The van der Waals surface area contributed by atoms with Crippen molar-refractivity contribution in [2.75, 3.05) is 11.9 Å². The molecule has 5 nitrogen and oxygen atoms in total. The van der Waals surface area contributed by atoms with Crippen LogP contribution in [0.25, 0.3) is 0 Å². The Kier molecular flexibility index (Phi) is 4.82. The number of thiophene rings is 1. The molecular formula is C12H10Cl2N2O3S. The summed E-state index contributed by atoms with van der Waals surface area (Å²) in [5.74, 6) is -0.363. The van der Waals surface area contributed by atoms with Gasteiger partial charge in [0.05, 0.1) is 22.2 Å². The number of hydrogen-bond donors (Lipinski definition) is 2. The monoisotopic (exact) mass is 332 g/mol. The Hall–Kier alpha value is -1.34. The number of amides is 1. The number of pyridine rings is 1. The van der Waals surface area contributed by atoms with E-state index >= 15 is 0 Å². The van der Waals surface area contributed by atoms with Crippen LogP contribution in [0.1, 0.15) is 9.67 Å². The predicted octanol–water partition coefficient (Wildman–Crippen LogP) is 2.46. The van der Waals surface area contributed by atoms with Gasteiger partial charge in [-0.2, -0.15) is 0 Å². The second-order valence-electron chi connectivity index (χ2n) is 3.86. The lowest BCUT2D eigenvalue weighted by Crippen LogP contribution is -2.21. The van der Waals surface area contributed by atoms with Gasteiger partial charge in [-0.15, -0.1) is 11.3 Å². The molecule has 0 fully saturated rings. The van der Waals surface area contributed by atoms with Gasteiger partial charge in [0.25, 0.3) is 11.5 Å². The summed E-state index contributed by atoms with van der Waals surface area (Å²) in [6, 6.07) is 4.29. The Labute approximate surface area is 128 Å². The maximum atomic E-state index is 12.0. The maximum absolute atomic E-state index is 12.0. The minimum Gasteiger partial charge on any atom is -0.395 e. The molecule has 2 N–H and O–H groups in total. The zero-order valence-corrected chi connectivity index (χ0v) is 12.4. The predicted molar refractivity (Wildman–Crippen MR) is 80.1 cm³/mol. The van der Waals surface area contributed by atoms with E-state index in [4.69, 9.17) is 28.3 Å². The van der Waals surface area contributed by atoms with Gasteiger partial charge in [0.2, 0.25) is 0 Å². The third-order valence-electron chi connectivity index (χ3n) is 2.45. The molecule has 0 aromatic carbocycles. The lowest BCUT2D eigenvalue weighted by atomic mass is 10.3. The second-order valence-corrected chi connectivity index (χ2v) is 5.92. The number of nitrogens with zero attached hydrogens (tertiary/aromatic N) is 1. The van der Waals surface area contributed by atoms with Gasteiger partial charge >= 0.3 is 0 Å². The van der Waals surface area contributed by atoms with Crippen molar-refractivity contribution in [1.29, 1.82) is 0 Å². The summed E-state index contributed by atoms with van der Waals surface area (Å²) < 4.78 is 1.66. The van der Waals surface area contributed by atoms with E-state index in [1.54, 1.807) is 0 Å². The van der Waals surface area contributed by atoms with Crippen molar-refractivity contribution in [2.45, 2.75) is 6.54 Å². The third kappa shape index (κ3) is 3.40. The van der Waals surface area contributed by atoms with Crippen molar-refractivity contribution in [3.05, 3.63) is 49.0 Å². The van der Waals surface area contributed by atoms with Crippen molar-refractivity contribution in [2.24, 2.45) is 0 Å². The number of anilines is 1. The number of aliphatic hydroxyl groups excluding tert-OH is 1. The molecule has 0 saturated heterocycles. The van der Waals surface area contributed by atoms with E-state index in [2.05, 4.69) is 5.32 Å². The van der Waals surface area contributed by atoms with Crippen molar-refractivity contribution in [3.63, 3.8) is 0 Å². The quantitative estimate of drug-likeness (QED) is 0.903. The van der Waals surface area contributed by atoms with Crippen LogP contribution in [0.3, 0.4) is 0 Å². The van der Waals surface area contributed by atoms with Gasteiger partial charge in [0, 0.05) is 18.8 Å². The van der Waals surface area contributed by atoms with Crippen LogP contribution in [0.4, 0.5) is 5.69 Å². The van der Waals surface area contributed by atoms with Gasteiger partial charge in [-0.25, -0.2) is 0 Å². The summed E-state index contributed by atoms with van der Waals surface area (Å²) in [6.45, 7) is 0.00660. The van der Waals surface area contributed by atoms with Crippen molar-refractivity contribution in [3.8, 4) is 0 Å². The highest BCUT2D eigenvalue weighted by molar-refractivity contribution is 7.18. The first-order valence-corrected chi connectivity index (χ1v) is 7.16. The van der Waals surface area contributed by atoms with E-state index in [1.165, 1.54) is 29.0 Å². The number of halogens is 2. The van der Waals surface area contributed by atoms with Gasteiger partial charge in [-0.1, -0.05) is 23.2 Å². The maximum Gasteiger partial charge on any atom is 0.265 e. The standard InChI is InChI=1S/C12H10Cl2N2O3S/c13-8-5-9(20-11(8)14)12(19)15-7-1-2-10(18)16(6-7)3-4-17/h1-2,5-6,17H,3-4H2,(H,15,19). The fraction of sp³-hybridized carbons (Fsp3) is 0.167. The molecule has 0 aliphatic heterocycles. The first kappa shape index (κ1) is 15.1. The molecule has 0 unspecified atom stereocenters. The van der Waals surface area contributed by atoms with E-state index in [9.17, 15) is 9.59 Å². The highest BCUT2D eigenvalue weighted by Crippen LogP contribution is 2.31. The van der Waals surface area contributed by atoms with E-state index in [0.29, 0.717) is 19.9 Å². The van der Waals surface area contributed by atoms with E-state index in [-0.39, 0.29) is 24.6 Å². The topological polar surface area (TPSA) is 71.3 Å². The molecular weight excluding hydrogens is 323 g/mol. The number of rotatable bonds is 4. The molecule has 106 valence electrons. The minimum absolute atomic E-state index is 0.159. The number of carbonyl (C=O) groups is 1. The molecule has 2 aromatic heterocycles. The molecule has 0 aliphatic carbocycles. The Bertz CT molecular complexity index is 677. The van der Waals surface area contributed by atoms with Crippen LogP contribution in [0, 0.1) is 0 Å². The largest absolute Gasteiger partial charge is 0.395 e. The van der Waals surface area contributed by atoms with Crippen LogP contribution in [0.5, 0.6) is 0 Å². The fourth-order valence-corrected chi connectivity index (χ4v) is 2.80. The summed E-state index contributed by atoms with van der Waals surface area (Å²) in [6.07, 6.45) is 1.47. The van der Waals surface area contributed by atoms with Crippen LogP contribution < -0.4 is 10.9 Å². The molecule has 0 spiro atoms. The first-order chi connectivity index (χ1) is 9.51. The summed E-state index contributed by atoms with van der Waals surface area (Å²) in [7, 11) is 0. The SMILES string of the molecule is O=C(Nc1ccc(=O)n(CCO)c1)c1cc(Cl)c(Cl)s1. The van der Waals surface area contributed by atoms with Gasteiger partial charge in [0.15, 0.2) is 0 Å². The Morgan fingerprint density at radius 3 is 2.75 bits per heavy atom. The number of aliphatic hydroxyl groups is 1. The van der Waals surface area contributed by atoms with Crippen LogP contribution in [-0.2, 0) is 6.54 Å². The molecule has 2 rings (SSSR count). The first-order valence-electron chi connectivity index (χ1n) is 5.59. The van der Waals surface area contributed by atoms with E-state index in [0.717, 1.165) is 11.3 Å². The second kappa shape index (κ2) is 6.41. The minimum atomic E-state index is -0.363.